The van der Waals surface area contributed by atoms with Gasteiger partial charge in [0.25, 0.3) is 0 Å². The topological polar surface area (TPSA) is 58.8 Å². The zero-order chi connectivity index (χ0) is 16.6. The molecule has 1 atom stereocenters. The molecule has 1 fully saturated rings. The molecule has 126 valence electrons. The Bertz CT molecular complexity index is 586. The minimum Gasteiger partial charge on any atom is -0.444 e. The van der Waals surface area contributed by atoms with Crippen LogP contribution in [0, 0.1) is 0 Å². The van der Waals surface area contributed by atoms with E-state index in [4.69, 9.17) is 10.5 Å². The highest BCUT2D eigenvalue weighted by Crippen LogP contribution is 2.28. The van der Waals surface area contributed by atoms with Crippen LogP contribution < -0.4 is 5.73 Å². The van der Waals surface area contributed by atoms with Crippen molar-refractivity contribution in [1.29, 1.82) is 0 Å². The molecule has 0 bridgehead atoms. The van der Waals surface area contributed by atoms with Crippen LogP contribution in [0.5, 0.6) is 0 Å². The monoisotopic (exact) mass is 317 g/mol. The summed E-state index contributed by atoms with van der Waals surface area (Å²) >= 11 is 0. The summed E-state index contributed by atoms with van der Waals surface area (Å²) in [5, 5.41) is 0. The van der Waals surface area contributed by atoms with Crippen LogP contribution in [-0.2, 0) is 17.6 Å². The molecule has 0 unspecified atom stereocenters. The van der Waals surface area contributed by atoms with E-state index in [1.54, 1.807) is 0 Å². The number of hydrogen-bond donors (Lipinski definition) is 1. The number of fused-ring (bicyclic) bond motifs is 1. The predicted molar refractivity (Wildman–Crippen MR) is 91.4 cm³/mol. The Morgan fingerprint density at radius 3 is 2.43 bits per heavy atom. The highest BCUT2D eigenvalue weighted by atomic mass is 16.6. The van der Waals surface area contributed by atoms with Crippen molar-refractivity contribution in [1.82, 2.24) is 9.80 Å². The maximum atomic E-state index is 12.1. The third-order valence-corrected chi connectivity index (χ3v) is 4.62. The van der Waals surface area contributed by atoms with Crippen LogP contribution in [-0.4, -0.2) is 53.7 Å². The fourth-order valence-corrected chi connectivity index (χ4v) is 3.47. The average molecular weight is 317 g/mol. The number of ether oxygens (including phenoxy) is 1. The molecule has 5 heteroatoms. The van der Waals surface area contributed by atoms with E-state index in [0.717, 1.165) is 44.7 Å². The minimum absolute atomic E-state index is 0.195. The quantitative estimate of drug-likeness (QED) is 0.807. The molecule has 1 aliphatic carbocycles. The summed E-state index contributed by atoms with van der Waals surface area (Å²) in [7, 11) is 0. The van der Waals surface area contributed by atoms with Crippen molar-refractivity contribution in [2.24, 2.45) is 0 Å². The maximum absolute atomic E-state index is 12.1. The largest absolute Gasteiger partial charge is 0.444 e. The number of hydrogen-bond acceptors (Lipinski definition) is 4. The molecule has 0 spiro atoms. The number of anilines is 1. The summed E-state index contributed by atoms with van der Waals surface area (Å²) in [6.45, 7) is 9.02. The number of amides is 1. The highest BCUT2D eigenvalue weighted by Gasteiger charge is 2.31. The van der Waals surface area contributed by atoms with E-state index < -0.39 is 5.60 Å². The first-order valence-electron chi connectivity index (χ1n) is 8.41. The lowest BCUT2D eigenvalue weighted by atomic mass is 10.1. The number of carbonyl (C=O) groups is 1. The van der Waals surface area contributed by atoms with E-state index >= 15 is 0 Å². The first-order valence-corrected chi connectivity index (χ1v) is 8.41. The van der Waals surface area contributed by atoms with Gasteiger partial charge >= 0.3 is 6.09 Å². The Morgan fingerprint density at radius 1 is 1.13 bits per heavy atom. The Morgan fingerprint density at radius 2 is 1.78 bits per heavy atom. The molecule has 1 saturated heterocycles. The van der Waals surface area contributed by atoms with Gasteiger partial charge in [0.2, 0.25) is 0 Å². The predicted octanol–water partition coefficient (Wildman–Crippen LogP) is 2.29. The second-order valence-corrected chi connectivity index (χ2v) is 7.59. The van der Waals surface area contributed by atoms with Gasteiger partial charge in [-0.05, 0) is 56.9 Å². The lowest BCUT2D eigenvalue weighted by molar-refractivity contribution is 0.0107. The molecule has 1 heterocycles. The van der Waals surface area contributed by atoms with E-state index in [2.05, 4.69) is 17.0 Å². The molecule has 1 amide bonds. The smallest absolute Gasteiger partial charge is 0.410 e. The maximum Gasteiger partial charge on any atom is 0.410 e. The number of benzene rings is 1. The van der Waals surface area contributed by atoms with Crippen LogP contribution in [0.3, 0.4) is 0 Å². The van der Waals surface area contributed by atoms with Crippen LogP contribution in [0.1, 0.15) is 31.9 Å². The van der Waals surface area contributed by atoms with Crippen molar-refractivity contribution in [3.05, 3.63) is 29.3 Å². The van der Waals surface area contributed by atoms with Gasteiger partial charge in [0, 0.05) is 37.9 Å². The van der Waals surface area contributed by atoms with Gasteiger partial charge in [0.15, 0.2) is 0 Å². The molecule has 3 rings (SSSR count). The molecule has 0 aromatic heterocycles. The first-order chi connectivity index (χ1) is 10.8. The van der Waals surface area contributed by atoms with Crippen LogP contribution in [0.2, 0.25) is 0 Å². The van der Waals surface area contributed by atoms with Crippen molar-refractivity contribution in [3.63, 3.8) is 0 Å². The summed E-state index contributed by atoms with van der Waals surface area (Å²) < 4.78 is 5.46. The number of rotatable bonds is 1. The lowest BCUT2D eigenvalue weighted by Gasteiger charge is -2.38. The van der Waals surface area contributed by atoms with Gasteiger partial charge in [-0.2, -0.15) is 0 Å². The zero-order valence-corrected chi connectivity index (χ0v) is 14.3. The zero-order valence-electron chi connectivity index (χ0n) is 14.3. The Kier molecular flexibility index (Phi) is 4.23. The molecule has 23 heavy (non-hydrogen) atoms. The summed E-state index contributed by atoms with van der Waals surface area (Å²) in [6.07, 6.45) is 1.95. The van der Waals surface area contributed by atoms with Crippen LogP contribution >= 0.6 is 0 Å². The van der Waals surface area contributed by atoms with Crippen molar-refractivity contribution >= 4 is 11.8 Å². The molecular weight excluding hydrogens is 290 g/mol. The Labute approximate surface area is 138 Å². The normalized spacial score (nSPS) is 22.0. The van der Waals surface area contributed by atoms with E-state index in [0.29, 0.717) is 6.04 Å². The third-order valence-electron chi connectivity index (χ3n) is 4.62. The van der Waals surface area contributed by atoms with Crippen LogP contribution in [0.25, 0.3) is 0 Å². The first kappa shape index (κ1) is 16.1. The van der Waals surface area contributed by atoms with E-state index in [9.17, 15) is 4.79 Å². The molecule has 1 aromatic carbocycles. The number of nitrogens with zero attached hydrogens (tertiary/aromatic N) is 2. The van der Waals surface area contributed by atoms with Gasteiger partial charge in [0.1, 0.15) is 5.60 Å². The number of nitrogens with two attached hydrogens (primary N) is 1. The molecular formula is C18H27N3O2. The molecule has 0 radical (unpaired) electrons. The van der Waals surface area contributed by atoms with Gasteiger partial charge in [-0.3, -0.25) is 4.90 Å². The van der Waals surface area contributed by atoms with E-state index in [1.165, 1.54) is 11.1 Å². The molecule has 0 saturated carbocycles. The SMILES string of the molecule is CC(C)(C)OC(=O)N1CCN([C@@H]2Cc3ccc(N)cc3C2)CC1. The number of nitrogen functional groups attached to an aromatic ring is 1. The number of piperazine rings is 1. The summed E-state index contributed by atoms with van der Waals surface area (Å²) in [5.74, 6) is 0. The van der Waals surface area contributed by atoms with Gasteiger partial charge in [-0.1, -0.05) is 6.07 Å². The average Bonchev–Trinajstić information content (AvgIpc) is 2.88. The summed E-state index contributed by atoms with van der Waals surface area (Å²) in [6, 6.07) is 6.78. The van der Waals surface area contributed by atoms with Gasteiger partial charge in [-0.15, -0.1) is 0 Å². The van der Waals surface area contributed by atoms with Crippen molar-refractivity contribution < 1.29 is 9.53 Å². The second kappa shape index (κ2) is 6.04. The minimum atomic E-state index is -0.429. The molecule has 1 aliphatic heterocycles. The standard InChI is InChI=1S/C18H27N3O2/c1-18(2,3)23-17(22)21-8-6-20(7-9-21)16-11-13-4-5-15(19)10-14(13)12-16/h4-5,10,16H,6-9,11-12,19H2,1-3H3/t16-/m1/s1. The third kappa shape index (κ3) is 3.78. The molecule has 2 aliphatic rings. The Balaban J connectivity index is 1.53. The van der Waals surface area contributed by atoms with Crippen LogP contribution in [0.4, 0.5) is 10.5 Å². The highest BCUT2D eigenvalue weighted by molar-refractivity contribution is 5.68. The summed E-state index contributed by atoms with van der Waals surface area (Å²) in [5.41, 5.74) is 9.10. The van der Waals surface area contributed by atoms with Crippen molar-refractivity contribution in [3.8, 4) is 0 Å². The van der Waals surface area contributed by atoms with Crippen molar-refractivity contribution in [2.75, 3.05) is 31.9 Å². The number of carbonyl (C=O) groups excluding carboxylic acids is 1. The molecule has 1 aromatic rings. The second-order valence-electron chi connectivity index (χ2n) is 7.59. The molecule has 2 N–H and O–H groups in total. The van der Waals surface area contributed by atoms with Crippen molar-refractivity contribution in [2.45, 2.75) is 45.3 Å². The summed E-state index contributed by atoms with van der Waals surface area (Å²) in [4.78, 5) is 16.4. The fourth-order valence-electron chi connectivity index (χ4n) is 3.47. The van der Waals surface area contributed by atoms with Gasteiger partial charge in [0.05, 0.1) is 0 Å². The lowest BCUT2D eigenvalue weighted by Crippen LogP contribution is -2.53. The molecule has 5 nitrogen and oxygen atoms in total. The van der Waals surface area contributed by atoms with E-state index in [-0.39, 0.29) is 6.09 Å². The Hall–Kier alpha value is -1.75. The van der Waals surface area contributed by atoms with E-state index in [1.807, 2.05) is 31.7 Å². The van der Waals surface area contributed by atoms with Crippen LogP contribution in [0.15, 0.2) is 18.2 Å². The van der Waals surface area contributed by atoms with Gasteiger partial charge in [-0.25, -0.2) is 4.79 Å². The fraction of sp³-hybridized carbons (Fsp3) is 0.611. The van der Waals surface area contributed by atoms with Gasteiger partial charge < -0.3 is 15.4 Å².